The largest absolute Gasteiger partial charge is 0.454 e. The zero-order valence-corrected chi connectivity index (χ0v) is 13.4. The molecule has 4 nitrogen and oxygen atoms in total. The van der Waals surface area contributed by atoms with Gasteiger partial charge < -0.3 is 5.43 Å². The lowest BCUT2D eigenvalue weighted by Crippen LogP contribution is -2.38. The molecule has 0 bridgehead atoms. The molecule has 0 saturated carbocycles. The maximum atomic E-state index is 12.7. The molecular weight excluding hydrogens is 345 g/mol. The molecule has 0 aromatic heterocycles. The van der Waals surface area contributed by atoms with E-state index in [0.29, 0.717) is 23.4 Å². The molecule has 1 aromatic carbocycles. The van der Waals surface area contributed by atoms with Gasteiger partial charge >= 0.3 is 6.18 Å². The summed E-state index contributed by atoms with van der Waals surface area (Å²) in [7, 11) is 0. The number of benzene rings is 1. The molecule has 130 valence electrons. The second-order valence-corrected chi connectivity index (χ2v) is 5.87. The van der Waals surface area contributed by atoms with E-state index in [4.69, 9.17) is 11.6 Å². The number of nitrogens with one attached hydrogen (secondary N) is 2. The normalized spacial score (nSPS) is 15.7. The van der Waals surface area contributed by atoms with Crippen LogP contribution in [0.3, 0.4) is 0 Å². The first kappa shape index (κ1) is 18.3. The summed E-state index contributed by atoms with van der Waals surface area (Å²) >= 11 is 5.73. The van der Waals surface area contributed by atoms with Crippen molar-refractivity contribution in [1.82, 2.24) is 10.9 Å². The molecular formula is C16H16ClF3N2O2. The van der Waals surface area contributed by atoms with Crippen molar-refractivity contribution in [2.24, 2.45) is 0 Å². The molecule has 0 aliphatic heterocycles. The fourth-order valence-electron chi connectivity index (χ4n) is 2.45. The molecule has 0 saturated heterocycles. The van der Waals surface area contributed by atoms with Crippen molar-refractivity contribution in [3.63, 3.8) is 0 Å². The van der Waals surface area contributed by atoms with Crippen LogP contribution in [0, 0.1) is 0 Å². The van der Waals surface area contributed by atoms with Gasteiger partial charge in [0.15, 0.2) is 0 Å². The second-order valence-electron chi connectivity index (χ2n) is 5.43. The van der Waals surface area contributed by atoms with Crippen molar-refractivity contribution in [2.45, 2.75) is 38.3 Å². The monoisotopic (exact) mass is 360 g/mol. The number of allylic oxidation sites excluding steroid dienone is 2. The van der Waals surface area contributed by atoms with Crippen molar-refractivity contribution in [3.05, 3.63) is 46.1 Å². The lowest BCUT2D eigenvalue weighted by atomic mass is 10.0. The summed E-state index contributed by atoms with van der Waals surface area (Å²) in [6, 6.07) is 6.03. The van der Waals surface area contributed by atoms with Crippen LogP contribution in [0.1, 0.15) is 42.5 Å². The maximum absolute atomic E-state index is 12.7. The van der Waals surface area contributed by atoms with Crippen molar-refractivity contribution in [1.29, 1.82) is 0 Å². The Bertz CT molecular complexity index is 654. The molecule has 1 aromatic rings. The number of rotatable bonds is 4. The van der Waals surface area contributed by atoms with Gasteiger partial charge in [0.1, 0.15) is 0 Å². The minimum Gasteiger partial charge on any atom is -0.302 e. The van der Waals surface area contributed by atoms with Gasteiger partial charge in [-0.2, -0.15) is 13.2 Å². The molecule has 1 aliphatic rings. The Hall–Kier alpha value is -2.02. The lowest BCUT2D eigenvalue weighted by molar-refractivity contribution is -0.166. The summed E-state index contributed by atoms with van der Waals surface area (Å²) in [5, 5.41) is 0.462. The van der Waals surface area contributed by atoms with Gasteiger partial charge in [0.05, 0.1) is 0 Å². The fraction of sp³-hybridized carbons (Fsp3) is 0.375. The first-order valence-electron chi connectivity index (χ1n) is 7.44. The zero-order valence-electron chi connectivity index (χ0n) is 12.7. The summed E-state index contributed by atoms with van der Waals surface area (Å²) in [5.41, 5.74) is 4.96. The van der Waals surface area contributed by atoms with Gasteiger partial charge in [-0.05, 0) is 49.9 Å². The Morgan fingerprint density at radius 1 is 1.00 bits per heavy atom. The van der Waals surface area contributed by atoms with Crippen molar-refractivity contribution < 1.29 is 22.8 Å². The average Bonchev–Trinajstić information content (AvgIpc) is 2.77. The molecule has 0 fully saturated rings. The van der Waals surface area contributed by atoms with E-state index in [0.717, 1.165) is 6.42 Å². The van der Waals surface area contributed by atoms with Crippen LogP contribution in [0.5, 0.6) is 0 Å². The minimum atomic E-state index is -4.92. The highest BCUT2D eigenvalue weighted by molar-refractivity contribution is 6.30. The van der Waals surface area contributed by atoms with Crippen LogP contribution in [0.2, 0.25) is 5.02 Å². The smallest absolute Gasteiger partial charge is 0.302 e. The highest BCUT2D eigenvalue weighted by atomic mass is 35.5. The number of alkyl halides is 3. The van der Waals surface area contributed by atoms with Gasteiger partial charge in [0, 0.05) is 21.9 Å². The van der Waals surface area contributed by atoms with Crippen LogP contribution >= 0.6 is 11.6 Å². The van der Waals surface area contributed by atoms with E-state index >= 15 is 0 Å². The van der Waals surface area contributed by atoms with Gasteiger partial charge in [-0.25, -0.2) is 0 Å². The Morgan fingerprint density at radius 3 is 2.25 bits per heavy atom. The molecule has 0 spiro atoms. The second kappa shape index (κ2) is 7.70. The van der Waals surface area contributed by atoms with Gasteiger partial charge in [-0.3, -0.25) is 15.0 Å². The third-order valence-corrected chi connectivity index (χ3v) is 3.93. The van der Waals surface area contributed by atoms with Gasteiger partial charge in [0.2, 0.25) is 0 Å². The third kappa shape index (κ3) is 4.74. The van der Waals surface area contributed by atoms with Gasteiger partial charge in [-0.1, -0.05) is 18.0 Å². The Morgan fingerprint density at radius 2 is 1.62 bits per heavy atom. The highest BCUT2D eigenvalue weighted by Gasteiger charge is 2.41. The topological polar surface area (TPSA) is 58.2 Å². The molecule has 2 N–H and O–H groups in total. The average molecular weight is 361 g/mol. The minimum absolute atomic E-state index is 0.0392. The van der Waals surface area contributed by atoms with E-state index in [9.17, 15) is 22.8 Å². The Balaban J connectivity index is 2.13. The maximum Gasteiger partial charge on any atom is 0.454 e. The number of Topliss-reactive ketones (excluding diaryl/α,β-unsaturated/α-hetero) is 1. The van der Waals surface area contributed by atoms with Crippen LogP contribution in [0.25, 0.3) is 0 Å². The number of carbonyl (C=O) groups excluding carboxylic acids is 2. The quantitative estimate of drug-likeness (QED) is 0.800. The SMILES string of the molecule is O=C(NNC1=C(C(=O)C(F)(F)F)CCCCC1)c1ccc(Cl)cc1. The van der Waals surface area contributed by atoms with E-state index < -0.39 is 17.9 Å². The van der Waals surface area contributed by atoms with Gasteiger partial charge in [-0.15, -0.1) is 0 Å². The summed E-state index contributed by atoms with van der Waals surface area (Å²) in [5.74, 6) is -2.38. The fourth-order valence-corrected chi connectivity index (χ4v) is 2.57. The number of carbonyl (C=O) groups is 2. The highest BCUT2D eigenvalue weighted by Crippen LogP contribution is 2.29. The number of ketones is 1. The van der Waals surface area contributed by atoms with E-state index in [1.165, 1.54) is 24.3 Å². The van der Waals surface area contributed by atoms with Crippen LogP contribution in [0.15, 0.2) is 35.5 Å². The molecule has 0 radical (unpaired) electrons. The molecule has 8 heteroatoms. The standard InChI is InChI=1S/C16H16ClF3N2O2/c17-11-8-6-10(7-9-11)15(24)22-21-13-5-3-1-2-4-12(13)14(23)16(18,19)20/h6-9,21H,1-5H2,(H,22,24). The van der Waals surface area contributed by atoms with Crippen LogP contribution < -0.4 is 10.9 Å². The van der Waals surface area contributed by atoms with Crippen molar-refractivity contribution in [2.75, 3.05) is 0 Å². The summed E-state index contributed by atoms with van der Waals surface area (Å²) in [6.45, 7) is 0. The number of halogens is 4. The summed E-state index contributed by atoms with van der Waals surface area (Å²) in [4.78, 5) is 23.6. The lowest BCUT2D eigenvalue weighted by Gasteiger charge is -2.16. The predicted octanol–water partition coefficient (Wildman–Crippen LogP) is 3.92. The predicted molar refractivity (Wildman–Crippen MR) is 83.2 cm³/mol. The van der Waals surface area contributed by atoms with E-state index in [1.807, 2.05) is 0 Å². The van der Waals surface area contributed by atoms with E-state index in [2.05, 4.69) is 10.9 Å². The van der Waals surface area contributed by atoms with E-state index in [1.54, 1.807) is 0 Å². The molecule has 0 unspecified atom stereocenters. The Labute approximate surface area is 142 Å². The molecule has 1 aliphatic carbocycles. The number of hydrogen-bond donors (Lipinski definition) is 2. The first-order valence-corrected chi connectivity index (χ1v) is 7.82. The molecule has 24 heavy (non-hydrogen) atoms. The van der Waals surface area contributed by atoms with Gasteiger partial charge in [0.25, 0.3) is 11.7 Å². The number of amides is 1. The van der Waals surface area contributed by atoms with Crippen LogP contribution in [-0.4, -0.2) is 17.9 Å². The molecule has 0 atom stereocenters. The molecule has 1 amide bonds. The van der Waals surface area contributed by atoms with Crippen LogP contribution in [0.4, 0.5) is 13.2 Å². The first-order chi connectivity index (χ1) is 11.3. The van der Waals surface area contributed by atoms with Crippen LogP contribution in [-0.2, 0) is 4.79 Å². The molecule has 2 rings (SSSR count). The summed E-state index contributed by atoms with van der Waals surface area (Å²) in [6.07, 6.45) is -2.73. The van der Waals surface area contributed by atoms with Crippen molar-refractivity contribution >= 4 is 23.3 Å². The molecule has 0 heterocycles. The van der Waals surface area contributed by atoms with Crippen molar-refractivity contribution in [3.8, 4) is 0 Å². The third-order valence-electron chi connectivity index (χ3n) is 3.68. The summed E-state index contributed by atoms with van der Waals surface area (Å²) < 4.78 is 38.2. The number of hydrogen-bond acceptors (Lipinski definition) is 3. The number of hydrazine groups is 1. The zero-order chi connectivity index (χ0) is 17.7. The Kier molecular flexibility index (Phi) is 5.88. The van der Waals surface area contributed by atoms with E-state index in [-0.39, 0.29) is 24.1 Å².